The van der Waals surface area contributed by atoms with E-state index in [1.165, 1.54) is 27.7 Å². The fourth-order valence-corrected chi connectivity index (χ4v) is 17.4. The first kappa shape index (κ1) is 121. The summed E-state index contributed by atoms with van der Waals surface area (Å²) in [6.07, 6.45) is -79.5. The SMILES string of the molecule is CC(C)(C)C1CC(C(C)(C)O)CC(C(O)(C(F)(F)F)C(F)(F)F)C1.CC(C)(O)C1CC(C(C)(C)O)CC(C(C)(O)C(F)(F)F)C1.CC(C)(O)C1CC(C(C)(O)C(F)(F)F)CC(C(C)(O)C(F)(F)F)C1.CC(C)(O)C1CC(C(C)(O)C(F)(F)F)CC(C(O)(C(F)(F)F)C(F)(F)F)C1.CC(C)(O)C1CC(C(O)(C(F)(F)F)C(F)(F)F)CC(C(O)(C(F)(F)F)C(F)(F)F)C1. The summed E-state index contributed by atoms with van der Waals surface area (Å²) in [6.45, 7) is 22.4. The summed E-state index contributed by atoms with van der Waals surface area (Å²) in [5.74, 6) is -24.0. The standard InChI is InChI=1S/C16H26F6O2.C15H18F12O3.C15H21F9O3.C15H24F6O3.C15H27F3O3/c1-12(2,3)9-6-10(13(4,5)23)8-11(7-9)14(24,15(17,18)19)16(20,21)22;1-9(2,28)6-3-7(10(29,12(16,17)18)13(19,20)21)5-8(4-6)11(30,14(22,23)24)15(25,26)27;1-10(2,25)7-4-8(11(3,26)13(16,17)18)6-9(5-7)12(27,14(19,20)21)15(22,23)24;1-11(2,22)8-5-9(12(3,23)14(16,17)18)7-10(6-8)13(4,24)15(19,20)21;1-12(2,19)9-6-10(13(3,4)20)8-11(7-9)14(5,21)15(16,17)18/h9-11,23-24H,6-8H2,1-5H3;6-8,28-30H,3-5H2,1-2H3;7-9,25-27H,4-6H2,1-3H3;8-10,22-24H,5-7H2,1-4H3;9-11,19-21H,6-8H2,1-5H3. The Bertz CT molecular complexity index is 3220. The van der Waals surface area contributed by atoms with Crippen LogP contribution in [0.15, 0.2) is 0 Å². The highest BCUT2D eigenvalue weighted by molar-refractivity contribution is 5.12. The number of alkyl halides is 36. The summed E-state index contributed by atoms with van der Waals surface area (Å²) in [5.41, 5.74) is -44.3. The smallest absolute Gasteiger partial charge is 0.390 e. The fourth-order valence-electron chi connectivity index (χ4n) is 17.4. The minimum Gasteiger partial charge on any atom is -0.390 e. The van der Waals surface area contributed by atoms with Gasteiger partial charge in [-0.15, -0.1) is 0 Å². The van der Waals surface area contributed by atoms with E-state index in [-0.39, 0.29) is 32.6 Å². The maximum absolute atomic E-state index is 13.2. The molecule has 0 aromatic carbocycles. The van der Waals surface area contributed by atoms with Crippen LogP contribution in [0.1, 0.15) is 228 Å². The molecule has 16 atom stereocenters. The Kier molecular flexibility index (Phi) is 35.7. The van der Waals surface area contributed by atoms with E-state index in [9.17, 15) is 230 Å². The van der Waals surface area contributed by atoms with Gasteiger partial charge in [0.15, 0.2) is 22.4 Å². The summed E-state index contributed by atoms with van der Waals surface area (Å²) in [6, 6.07) is 0. The first-order valence-electron chi connectivity index (χ1n) is 39.0. The van der Waals surface area contributed by atoms with Crippen molar-refractivity contribution in [2.45, 2.75) is 380 Å². The molecule has 0 bridgehead atoms. The van der Waals surface area contributed by atoms with Crippen molar-refractivity contribution in [1.29, 1.82) is 0 Å². The molecule has 16 unspecified atom stereocenters. The largest absolute Gasteiger partial charge is 0.426 e. The molecule has 14 N–H and O–H groups in total. The minimum absolute atomic E-state index is 0.0859. The Balaban J connectivity index is 0.000000791. The molecule has 0 amide bonds. The molecule has 0 aromatic heterocycles. The van der Waals surface area contributed by atoms with Gasteiger partial charge in [0.05, 0.1) is 33.6 Å². The van der Waals surface area contributed by atoms with Gasteiger partial charge in [0.25, 0.3) is 22.4 Å². The molecule has 5 aliphatic carbocycles. The molecule has 5 saturated carbocycles. The van der Waals surface area contributed by atoms with Gasteiger partial charge >= 0.3 is 74.1 Å². The van der Waals surface area contributed by atoms with E-state index in [4.69, 9.17) is 0 Å². The summed E-state index contributed by atoms with van der Waals surface area (Å²) in [7, 11) is 0. The van der Waals surface area contributed by atoms with E-state index in [1.54, 1.807) is 48.5 Å². The lowest BCUT2D eigenvalue weighted by Crippen LogP contribution is -2.67. The van der Waals surface area contributed by atoms with Crippen molar-refractivity contribution in [2.75, 3.05) is 0 Å². The van der Waals surface area contributed by atoms with Crippen LogP contribution in [0.2, 0.25) is 0 Å². The molecule has 0 heterocycles. The topological polar surface area (TPSA) is 283 Å². The number of halogens is 36. The van der Waals surface area contributed by atoms with E-state index < -0.39 is 305 Å². The van der Waals surface area contributed by atoms with Crippen LogP contribution in [0.3, 0.4) is 0 Å². The molecular formula is C76H116F36O14. The molecule has 0 aliphatic heterocycles. The highest BCUT2D eigenvalue weighted by Crippen LogP contribution is 2.64. The Morgan fingerprint density at radius 1 is 0.127 bits per heavy atom. The second-order valence-corrected chi connectivity index (χ2v) is 39.9. The van der Waals surface area contributed by atoms with Crippen LogP contribution in [0.4, 0.5) is 158 Å². The summed E-state index contributed by atoms with van der Waals surface area (Å²) < 4.78 is 473. The van der Waals surface area contributed by atoms with Gasteiger partial charge in [-0.2, -0.15) is 158 Å². The van der Waals surface area contributed by atoms with E-state index in [1.807, 2.05) is 0 Å². The zero-order chi connectivity index (χ0) is 102. The average Bonchev–Trinajstić information content (AvgIpc) is 0.724. The molecule has 50 heteroatoms. The number of hydrogen-bond acceptors (Lipinski definition) is 14. The van der Waals surface area contributed by atoms with Crippen LogP contribution in [0.5, 0.6) is 0 Å². The molecule has 0 radical (unpaired) electrons. The third-order valence-corrected chi connectivity index (χ3v) is 27.1. The number of aliphatic hydroxyl groups is 14. The van der Waals surface area contributed by atoms with Crippen molar-refractivity contribution < 1.29 is 230 Å². The third-order valence-electron chi connectivity index (χ3n) is 27.1. The second-order valence-electron chi connectivity index (χ2n) is 39.9. The maximum Gasteiger partial charge on any atom is 0.426 e. The molecule has 0 spiro atoms. The molecule has 5 aliphatic rings. The second kappa shape index (κ2) is 37.2. The Hall–Kier alpha value is -3.08. The van der Waals surface area contributed by atoms with Crippen molar-refractivity contribution >= 4 is 0 Å². The molecule has 14 nitrogen and oxygen atoms in total. The lowest BCUT2D eigenvalue weighted by molar-refractivity contribution is -0.406. The van der Waals surface area contributed by atoms with Gasteiger partial charge < -0.3 is 71.5 Å². The predicted octanol–water partition coefficient (Wildman–Crippen LogP) is 19.4. The van der Waals surface area contributed by atoms with Crippen molar-refractivity contribution in [1.82, 2.24) is 0 Å². The zero-order valence-electron chi connectivity index (χ0n) is 71.6. The van der Waals surface area contributed by atoms with Gasteiger partial charge in [-0.05, 0) is 278 Å². The average molecular weight is 1940 g/mol. The lowest BCUT2D eigenvalue weighted by atomic mass is 9.59. The maximum atomic E-state index is 13.2. The predicted molar refractivity (Wildman–Crippen MR) is 374 cm³/mol. The summed E-state index contributed by atoms with van der Waals surface area (Å²) >= 11 is 0. The Labute approximate surface area is 702 Å². The lowest BCUT2D eigenvalue weighted by Gasteiger charge is -2.50. The first-order valence-corrected chi connectivity index (χ1v) is 39.0. The number of rotatable bonds is 14. The van der Waals surface area contributed by atoms with Crippen LogP contribution in [0, 0.1) is 94.2 Å². The van der Waals surface area contributed by atoms with Gasteiger partial charge in [0.2, 0.25) is 0 Å². The molecular weight excluding hydrogens is 1820 g/mol. The highest BCUT2D eigenvalue weighted by Gasteiger charge is 2.81. The van der Waals surface area contributed by atoms with Gasteiger partial charge in [-0.25, -0.2) is 0 Å². The first-order chi connectivity index (χ1) is 54.1. The normalized spacial score (nSPS) is 29.2. The Morgan fingerprint density at radius 3 is 0.325 bits per heavy atom. The molecule has 756 valence electrons. The van der Waals surface area contributed by atoms with E-state index in [0.29, 0.717) is 26.7 Å². The van der Waals surface area contributed by atoms with E-state index >= 15 is 0 Å². The van der Waals surface area contributed by atoms with Crippen LogP contribution >= 0.6 is 0 Å². The van der Waals surface area contributed by atoms with Crippen LogP contribution in [-0.4, -0.2) is 224 Å². The van der Waals surface area contributed by atoms with Crippen molar-refractivity contribution in [2.24, 2.45) is 94.2 Å². The van der Waals surface area contributed by atoms with Gasteiger partial charge in [0.1, 0.15) is 0 Å². The summed E-state index contributed by atoms with van der Waals surface area (Å²) in [5, 5.41) is 138. The number of hydrogen-bond donors (Lipinski definition) is 14. The van der Waals surface area contributed by atoms with Gasteiger partial charge in [-0.1, -0.05) is 20.8 Å². The zero-order valence-corrected chi connectivity index (χ0v) is 71.6. The van der Waals surface area contributed by atoms with E-state index in [0.717, 1.165) is 34.6 Å². The van der Waals surface area contributed by atoms with Crippen LogP contribution in [-0.2, 0) is 0 Å². The molecule has 126 heavy (non-hydrogen) atoms. The molecule has 0 saturated heterocycles. The van der Waals surface area contributed by atoms with Gasteiger partial charge in [0, 0.05) is 23.7 Å². The van der Waals surface area contributed by atoms with Crippen LogP contribution < -0.4 is 0 Å². The molecule has 0 aromatic rings. The van der Waals surface area contributed by atoms with Crippen molar-refractivity contribution in [3.8, 4) is 0 Å². The van der Waals surface area contributed by atoms with Gasteiger partial charge in [-0.3, -0.25) is 0 Å². The summed E-state index contributed by atoms with van der Waals surface area (Å²) in [4.78, 5) is 0. The quantitative estimate of drug-likeness (QED) is 0.0721. The van der Waals surface area contributed by atoms with Crippen molar-refractivity contribution in [3.63, 3.8) is 0 Å². The molecule has 5 fully saturated rings. The highest BCUT2D eigenvalue weighted by atomic mass is 19.5. The Morgan fingerprint density at radius 2 is 0.214 bits per heavy atom. The van der Waals surface area contributed by atoms with E-state index in [2.05, 4.69) is 0 Å². The fraction of sp³-hybridized carbons (Fsp3) is 1.00. The molecule has 5 rings (SSSR count). The monoisotopic (exact) mass is 1940 g/mol. The third kappa shape index (κ3) is 26.8. The van der Waals surface area contributed by atoms with Crippen molar-refractivity contribution in [3.05, 3.63) is 0 Å². The minimum atomic E-state index is -6.52. The van der Waals surface area contributed by atoms with Crippen LogP contribution in [0.25, 0.3) is 0 Å².